The lowest BCUT2D eigenvalue weighted by atomic mass is 10.2. The molecule has 0 radical (unpaired) electrons. The van der Waals surface area contributed by atoms with Crippen molar-refractivity contribution in [2.45, 2.75) is 19.4 Å². The highest BCUT2D eigenvalue weighted by atomic mass is 16.2. The van der Waals surface area contributed by atoms with Crippen molar-refractivity contribution in [3.8, 4) is 0 Å². The molecule has 66 valence electrons. The smallest absolute Gasteiger partial charge is 0.250 e. The molecule has 1 saturated heterocycles. The minimum atomic E-state index is -0.511. The molecule has 12 heavy (non-hydrogen) atoms. The van der Waals surface area contributed by atoms with Crippen molar-refractivity contribution in [2.75, 3.05) is 6.54 Å². The number of carbonyl (C=O) groups excluding carboxylic acids is 2. The van der Waals surface area contributed by atoms with Gasteiger partial charge in [0.05, 0.1) is 6.42 Å². The maximum Gasteiger partial charge on any atom is 0.250 e. The lowest BCUT2D eigenvalue weighted by Crippen LogP contribution is -2.20. The van der Waals surface area contributed by atoms with E-state index in [0.717, 1.165) is 6.54 Å². The Morgan fingerprint density at radius 3 is 2.50 bits per heavy atom. The van der Waals surface area contributed by atoms with Crippen molar-refractivity contribution in [1.29, 1.82) is 0 Å². The van der Waals surface area contributed by atoms with Crippen LogP contribution in [0, 0.1) is 0 Å². The Labute approximate surface area is 71.0 Å². The normalized spacial score (nSPS) is 20.4. The standard InChI is InChI=1S/C8H12N2O2/c1-5(3-7(9)11)8(12)10-4-6(10)2/h6H,1,3-4H2,2H3,(H2,9,11). The van der Waals surface area contributed by atoms with E-state index in [2.05, 4.69) is 6.58 Å². The number of primary amides is 1. The summed E-state index contributed by atoms with van der Waals surface area (Å²) in [5, 5.41) is 0. The van der Waals surface area contributed by atoms with Crippen LogP contribution in [0.5, 0.6) is 0 Å². The van der Waals surface area contributed by atoms with Gasteiger partial charge >= 0.3 is 0 Å². The fraction of sp³-hybridized carbons (Fsp3) is 0.500. The van der Waals surface area contributed by atoms with Crippen LogP contribution in [-0.2, 0) is 9.59 Å². The first-order chi connectivity index (χ1) is 5.52. The van der Waals surface area contributed by atoms with E-state index >= 15 is 0 Å². The molecule has 2 amide bonds. The van der Waals surface area contributed by atoms with Gasteiger partial charge in [-0.3, -0.25) is 9.59 Å². The van der Waals surface area contributed by atoms with Crippen molar-refractivity contribution >= 4 is 11.8 Å². The van der Waals surface area contributed by atoms with Gasteiger partial charge in [0, 0.05) is 18.2 Å². The van der Waals surface area contributed by atoms with Crippen molar-refractivity contribution in [1.82, 2.24) is 4.90 Å². The summed E-state index contributed by atoms with van der Waals surface area (Å²) < 4.78 is 0. The molecule has 1 fully saturated rings. The molecular weight excluding hydrogens is 156 g/mol. The molecule has 4 heteroatoms. The van der Waals surface area contributed by atoms with E-state index < -0.39 is 5.91 Å². The molecule has 1 heterocycles. The minimum absolute atomic E-state index is 0.0396. The van der Waals surface area contributed by atoms with Gasteiger partial charge in [0.1, 0.15) is 0 Å². The highest BCUT2D eigenvalue weighted by molar-refractivity contribution is 5.99. The van der Waals surface area contributed by atoms with Gasteiger partial charge in [0.2, 0.25) is 11.8 Å². The molecule has 1 unspecified atom stereocenters. The predicted octanol–water partition coefficient (Wildman–Crippen LogP) is -0.351. The maximum absolute atomic E-state index is 11.3. The Balaban J connectivity index is 2.42. The molecule has 1 atom stereocenters. The van der Waals surface area contributed by atoms with Gasteiger partial charge in [-0.2, -0.15) is 0 Å². The monoisotopic (exact) mass is 168 g/mol. The van der Waals surface area contributed by atoms with E-state index in [9.17, 15) is 9.59 Å². The fourth-order valence-corrected chi connectivity index (χ4v) is 1.01. The lowest BCUT2D eigenvalue weighted by Gasteiger charge is -2.03. The summed E-state index contributed by atoms with van der Waals surface area (Å²) in [5.41, 5.74) is 5.20. The third-order valence-electron chi connectivity index (χ3n) is 1.81. The van der Waals surface area contributed by atoms with Crippen molar-refractivity contribution < 1.29 is 9.59 Å². The van der Waals surface area contributed by atoms with Crippen molar-refractivity contribution in [2.24, 2.45) is 5.73 Å². The topological polar surface area (TPSA) is 63.2 Å². The predicted molar refractivity (Wildman–Crippen MR) is 44.1 cm³/mol. The summed E-state index contributed by atoms with van der Waals surface area (Å²) in [4.78, 5) is 23.3. The molecule has 0 aliphatic carbocycles. The molecule has 1 aliphatic heterocycles. The molecule has 0 aromatic carbocycles. The van der Waals surface area contributed by atoms with Crippen LogP contribution in [0.15, 0.2) is 12.2 Å². The van der Waals surface area contributed by atoms with E-state index in [1.807, 2.05) is 6.92 Å². The Morgan fingerprint density at radius 1 is 1.67 bits per heavy atom. The zero-order valence-corrected chi connectivity index (χ0v) is 7.04. The van der Waals surface area contributed by atoms with Gasteiger partial charge in [-0.25, -0.2) is 0 Å². The Morgan fingerprint density at radius 2 is 2.17 bits per heavy atom. The van der Waals surface area contributed by atoms with Gasteiger partial charge < -0.3 is 10.6 Å². The third-order valence-corrected chi connectivity index (χ3v) is 1.81. The van der Waals surface area contributed by atoms with Gasteiger partial charge in [0.15, 0.2) is 0 Å². The van der Waals surface area contributed by atoms with Gasteiger partial charge in [-0.1, -0.05) is 6.58 Å². The van der Waals surface area contributed by atoms with E-state index in [1.165, 1.54) is 0 Å². The molecule has 4 nitrogen and oxygen atoms in total. The third kappa shape index (κ3) is 1.84. The number of nitrogens with zero attached hydrogens (tertiary/aromatic N) is 1. The fourth-order valence-electron chi connectivity index (χ4n) is 1.01. The van der Waals surface area contributed by atoms with Crippen LogP contribution in [-0.4, -0.2) is 29.3 Å². The van der Waals surface area contributed by atoms with Crippen LogP contribution < -0.4 is 5.73 Å². The molecule has 0 aromatic heterocycles. The van der Waals surface area contributed by atoms with Gasteiger partial charge in [0.25, 0.3) is 0 Å². The van der Waals surface area contributed by atoms with E-state index in [4.69, 9.17) is 5.73 Å². The minimum Gasteiger partial charge on any atom is -0.369 e. The largest absolute Gasteiger partial charge is 0.369 e. The summed E-state index contributed by atoms with van der Waals surface area (Å²) >= 11 is 0. The number of amides is 2. The molecule has 0 bridgehead atoms. The summed E-state index contributed by atoms with van der Waals surface area (Å²) in [6.07, 6.45) is -0.0396. The molecule has 0 aromatic rings. The zero-order chi connectivity index (χ0) is 9.30. The number of rotatable bonds is 3. The Hall–Kier alpha value is -1.32. The average Bonchev–Trinajstić information content (AvgIpc) is 2.64. The van der Waals surface area contributed by atoms with Crippen LogP contribution in [0.25, 0.3) is 0 Å². The second kappa shape index (κ2) is 2.97. The van der Waals surface area contributed by atoms with Crippen LogP contribution in [0.2, 0.25) is 0 Å². The van der Waals surface area contributed by atoms with Gasteiger partial charge in [-0.15, -0.1) is 0 Å². The number of hydrogen-bond acceptors (Lipinski definition) is 2. The summed E-state index contributed by atoms with van der Waals surface area (Å²) in [6, 6.07) is 0.294. The molecule has 1 aliphatic rings. The first-order valence-corrected chi connectivity index (χ1v) is 3.79. The number of hydrogen-bond donors (Lipinski definition) is 1. The molecule has 1 rings (SSSR count). The second-order valence-electron chi connectivity index (χ2n) is 3.05. The number of carbonyl (C=O) groups is 2. The summed E-state index contributed by atoms with van der Waals surface area (Å²) in [5.74, 6) is -0.663. The van der Waals surface area contributed by atoms with Crippen LogP contribution >= 0.6 is 0 Å². The summed E-state index contributed by atoms with van der Waals surface area (Å²) in [7, 11) is 0. The lowest BCUT2D eigenvalue weighted by molar-refractivity contribution is -0.124. The van der Waals surface area contributed by atoms with E-state index in [-0.39, 0.29) is 17.9 Å². The summed E-state index contributed by atoms with van der Waals surface area (Å²) in [6.45, 7) is 6.20. The van der Waals surface area contributed by atoms with Crippen LogP contribution in [0.1, 0.15) is 13.3 Å². The van der Waals surface area contributed by atoms with Crippen molar-refractivity contribution in [3.63, 3.8) is 0 Å². The Kier molecular flexibility index (Phi) is 2.17. The molecule has 2 N–H and O–H groups in total. The second-order valence-corrected chi connectivity index (χ2v) is 3.05. The molecular formula is C8H12N2O2. The zero-order valence-electron chi connectivity index (χ0n) is 7.04. The van der Waals surface area contributed by atoms with Crippen LogP contribution in [0.3, 0.4) is 0 Å². The van der Waals surface area contributed by atoms with Crippen molar-refractivity contribution in [3.05, 3.63) is 12.2 Å². The molecule has 0 spiro atoms. The highest BCUT2D eigenvalue weighted by Gasteiger charge is 2.35. The first kappa shape index (κ1) is 8.77. The highest BCUT2D eigenvalue weighted by Crippen LogP contribution is 2.19. The maximum atomic E-state index is 11.3. The first-order valence-electron chi connectivity index (χ1n) is 3.79. The average molecular weight is 168 g/mol. The quantitative estimate of drug-likeness (QED) is 0.462. The SMILES string of the molecule is C=C(CC(N)=O)C(=O)N1CC1C. The number of nitrogens with two attached hydrogens (primary N) is 1. The van der Waals surface area contributed by atoms with Crippen LogP contribution in [0.4, 0.5) is 0 Å². The van der Waals surface area contributed by atoms with Gasteiger partial charge in [-0.05, 0) is 6.92 Å². The Bertz CT molecular complexity index is 247. The van der Waals surface area contributed by atoms with E-state index in [0.29, 0.717) is 6.04 Å². The van der Waals surface area contributed by atoms with E-state index in [1.54, 1.807) is 4.90 Å². The molecule has 0 saturated carbocycles.